The smallest absolute Gasteiger partial charge is 0.227 e. The number of hydrogen-bond acceptors (Lipinski definition) is 4. The largest absolute Gasteiger partial charge is 0.497 e. The molecule has 0 unspecified atom stereocenters. The lowest BCUT2D eigenvalue weighted by molar-refractivity contribution is -0.123. The van der Waals surface area contributed by atoms with Gasteiger partial charge in [0.1, 0.15) is 11.5 Å². The molecule has 1 atom stereocenters. The van der Waals surface area contributed by atoms with Crippen LogP contribution in [0.4, 0.5) is 5.69 Å². The zero-order chi connectivity index (χ0) is 14.0. The summed E-state index contributed by atoms with van der Waals surface area (Å²) in [7, 11) is 3.07. The minimum absolute atomic E-state index is 0.132. The summed E-state index contributed by atoms with van der Waals surface area (Å²) in [4.78, 5) is 24.6. The number of amides is 2. The highest BCUT2D eigenvalue weighted by Gasteiger charge is 2.35. The lowest BCUT2D eigenvalue weighted by atomic mass is 10.1. The van der Waals surface area contributed by atoms with Crippen LogP contribution in [0.3, 0.4) is 0 Å². The monoisotopic (exact) mass is 264 g/mol. The lowest BCUT2D eigenvalue weighted by Gasteiger charge is -2.19. The molecular formula is C13H16N2O4. The SMILES string of the molecule is COc1ccc(N2C[C@@H](C(N)=O)CC2=O)c(OC)c1. The van der Waals surface area contributed by atoms with E-state index in [1.165, 1.54) is 12.0 Å². The van der Waals surface area contributed by atoms with Crippen LogP contribution in [0, 0.1) is 5.92 Å². The average Bonchev–Trinajstić information content (AvgIpc) is 2.80. The Balaban J connectivity index is 2.31. The second-order valence-electron chi connectivity index (χ2n) is 4.35. The van der Waals surface area contributed by atoms with Crippen molar-refractivity contribution in [3.63, 3.8) is 0 Å². The van der Waals surface area contributed by atoms with Gasteiger partial charge in [0.15, 0.2) is 0 Å². The van der Waals surface area contributed by atoms with E-state index >= 15 is 0 Å². The predicted molar refractivity (Wildman–Crippen MR) is 69.2 cm³/mol. The van der Waals surface area contributed by atoms with Gasteiger partial charge in [-0.15, -0.1) is 0 Å². The quantitative estimate of drug-likeness (QED) is 0.860. The first-order chi connectivity index (χ1) is 9.06. The second-order valence-corrected chi connectivity index (χ2v) is 4.35. The molecule has 0 saturated carbocycles. The molecule has 0 spiro atoms. The number of ether oxygens (including phenoxy) is 2. The number of carbonyl (C=O) groups excluding carboxylic acids is 2. The van der Waals surface area contributed by atoms with Crippen LogP contribution in [0.1, 0.15) is 6.42 Å². The van der Waals surface area contributed by atoms with Gasteiger partial charge in [-0.3, -0.25) is 9.59 Å². The summed E-state index contributed by atoms with van der Waals surface area (Å²) in [5, 5.41) is 0. The van der Waals surface area contributed by atoms with E-state index in [1.54, 1.807) is 25.3 Å². The number of primary amides is 1. The van der Waals surface area contributed by atoms with Crippen LogP contribution in [0.5, 0.6) is 11.5 Å². The number of nitrogens with two attached hydrogens (primary N) is 1. The molecule has 0 bridgehead atoms. The maximum absolute atomic E-state index is 11.9. The van der Waals surface area contributed by atoms with Gasteiger partial charge in [0, 0.05) is 19.0 Å². The Morgan fingerprint density at radius 1 is 1.37 bits per heavy atom. The van der Waals surface area contributed by atoms with Gasteiger partial charge in [-0.2, -0.15) is 0 Å². The van der Waals surface area contributed by atoms with Crippen molar-refractivity contribution in [1.82, 2.24) is 0 Å². The Kier molecular flexibility index (Phi) is 3.59. The van der Waals surface area contributed by atoms with Crippen molar-refractivity contribution in [2.45, 2.75) is 6.42 Å². The molecule has 6 nitrogen and oxygen atoms in total. The number of nitrogens with zero attached hydrogens (tertiary/aromatic N) is 1. The summed E-state index contributed by atoms with van der Waals surface area (Å²) in [5.41, 5.74) is 5.87. The molecule has 6 heteroatoms. The molecule has 1 fully saturated rings. The van der Waals surface area contributed by atoms with Crippen LogP contribution in [-0.4, -0.2) is 32.6 Å². The van der Waals surface area contributed by atoms with E-state index in [0.29, 0.717) is 17.2 Å². The van der Waals surface area contributed by atoms with Gasteiger partial charge in [0.25, 0.3) is 0 Å². The van der Waals surface area contributed by atoms with Crippen LogP contribution in [-0.2, 0) is 9.59 Å². The van der Waals surface area contributed by atoms with Crippen LogP contribution in [0.25, 0.3) is 0 Å². The minimum Gasteiger partial charge on any atom is -0.497 e. The molecule has 1 aromatic carbocycles. The number of rotatable bonds is 4. The zero-order valence-electron chi connectivity index (χ0n) is 10.9. The van der Waals surface area contributed by atoms with Crippen molar-refractivity contribution in [2.75, 3.05) is 25.7 Å². The molecule has 0 aliphatic carbocycles. The first-order valence-electron chi connectivity index (χ1n) is 5.88. The van der Waals surface area contributed by atoms with E-state index in [-0.39, 0.29) is 18.9 Å². The van der Waals surface area contributed by atoms with E-state index in [0.717, 1.165) is 0 Å². The molecular weight excluding hydrogens is 248 g/mol. The zero-order valence-corrected chi connectivity index (χ0v) is 10.9. The first kappa shape index (κ1) is 13.2. The van der Waals surface area contributed by atoms with Crippen LogP contribution >= 0.6 is 0 Å². The van der Waals surface area contributed by atoms with Gasteiger partial charge < -0.3 is 20.1 Å². The van der Waals surface area contributed by atoms with E-state index < -0.39 is 11.8 Å². The van der Waals surface area contributed by atoms with Gasteiger partial charge in [-0.05, 0) is 12.1 Å². The molecule has 0 radical (unpaired) electrons. The number of carbonyl (C=O) groups is 2. The molecule has 2 N–H and O–H groups in total. The molecule has 19 heavy (non-hydrogen) atoms. The van der Waals surface area contributed by atoms with Crippen molar-refractivity contribution in [2.24, 2.45) is 11.7 Å². The van der Waals surface area contributed by atoms with Crippen LogP contribution in [0.15, 0.2) is 18.2 Å². The highest BCUT2D eigenvalue weighted by Crippen LogP contribution is 2.35. The fourth-order valence-electron chi connectivity index (χ4n) is 2.14. The molecule has 1 saturated heterocycles. The number of benzene rings is 1. The van der Waals surface area contributed by atoms with Crippen molar-refractivity contribution < 1.29 is 19.1 Å². The first-order valence-corrected chi connectivity index (χ1v) is 5.88. The number of anilines is 1. The molecule has 1 aromatic rings. The third-order valence-corrected chi connectivity index (χ3v) is 3.21. The van der Waals surface area contributed by atoms with Gasteiger partial charge in [-0.1, -0.05) is 0 Å². The topological polar surface area (TPSA) is 81.9 Å². The molecule has 0 aromatic heterocycles. The fraction of sp³-hybridized carbons (Fsp3) is 0.385. The van der Waals surface area contributed by atoms with Crippen molar-refractivity contribution in [3.05, 3.63) is 18.2 Å². The summed E-state index contributed by atoms with van der Waals surface area (Å²) in [6, 6.07) is 5.17. The summed E-state index contributed by atoms with van der Waals surface area (Å²) in [5.74, 6) is 0.131. The Labute approximate surface area is 111 Å². The standard InChI is InChI=1S/C13H16N2O4/c1-18-9-3-4-10(11(6-9)19-2)15-7-8(13(14)17)5-12(15)16/h3-4,6,8H,5,7H2,1-2H3,(H2,14,17)/t8-/m0/s1. The van der Waals surface area contributed by atoms with Gasteiger partial charge in [0.2, 0.25) is 11.8 Å². The minimum atomic E-state index is -0.455. The Bertz CT molecular complexity index is 515. The third kappa shape index (κ3) is 2.47. The summed E-state index contributed by atoms with van der Waals surface area (Å²) in [6.07, 6.45) is 0.143. The summed E-state index contributed by atoms with van der Waals surface area (Å²) in [6.45, 7) is 0.289. The number of methoxy groups -OCH3 is 2. The molecule has 102 valence electrons. The van der Waals surface area contributed by atoms with E-state index in [4.69, 9.17) is 15.2 Å². The van der Waals surface area contributed by atoms with E-state index in [9.17, 15) is 9.59 Å². The predicted octanol–water partition coefficient (Wildman–Crippen LogP) is 0.542. The van der Waals surface area contributed by atoms with Gasteiger partial charge >= 0.3 is 0 Å². The highest BCUT2D eigenvalue weighted by molar-refractivity contribution is 6.01. The number of hydrogen-bond donors (Lipinski definition) is 1. The molecule has 2 rings (SSSR count). The van der Waals surface area contributed by atoms with Gasteiger partial charge in [0.05, 0.1) is 25.8 Å². The van der Waals surface area contributed by atoms with E-state index in [1.807, 2.05) is 0 Å². The van der Waals surface area contributed by atoms with Gasteiger partial charge in [-0.25, -0.2) is 0 Å². The average molecular weight is 264 g/mol. The van der Waals surface area contributed by atoms with E-state index in [2.05, 4.69) is 0 Å². The maximum atomic E-state index is 11.9. The summed E-state index contributed by atoms with van der Waals surface area (Å²) >= 11 is 0. The van der Waals surface area contributed by atoms with Crippen LogP contribution < -0.4 is 20.1 Å². The van der Waals surface area contributed by atoms with Crippen molar-refractivity contribution in [1.29, 1.82) is 0 Å². The third-order valence-electron chi connectivity index (χ3n) is 3.21. The normalized spacial score (nSPS) is 18.5. The summed E-state index contributed by atoms with van der Waals surface area (Å²) < 4.78 is 10.4. The molecule has 1 aliphatic rings. The maximum Gasteiger partial charge on any atom is 0.227 e. The molecule has 1 aliphatic heterocycles. The fourth-order valence-corrected chi connectivity index (χ4v) is 2.14. The Morgan fingerprint density at radius 3 is 2.63 bits per heavy atom. The second kappa shape index (κ2) is 5.17. The van der Waals surface area contributed by atoms with Crippen molar-refractivity contribution in [3.8, 4) is 11.5 Å². The molecule has 1 heterocycles. The lowest BCUT2D eigenvalue weighted by Crippen LogP contribution is -2.28. The highest BCUT2D eigenvalue weighted by atomic mass is 16.5. The molecule has 2 amide bonds. The Hall–Kier alpha value is -2.24. The van der Waals surface area contributed by atoms with Crippen LogP contribution in [0.2, 0.25) is 0 Å². The Morgan fingerprint density at radius 2 is 2.11 bits per heavy atom. The van der Waals surface area contributed by atoms with Crippen molar-refractivity contribution >= 4 is 17.5 Å².